The van der Waals surface area contributed by atoms with E-state index in [9.17, 15) is 13.2 Å². The summed E-state index contributed by atoms with van der Waals surface area (Å²) in [4.78, 5) is 3.85. The van der Waals surface area contributed by atoms with Gasteiger partial charge >= 0.3 is 6.18 Å². The summed E-state index contributed by atoms with van der Waals surface area (Å²) in [5.41, 5.74) is 2.45. The largest absolute Gasteiger partial charge is 0.411 e. The Bertz CT molecular complexity index is 359. The lowest BCUT2D eigenvalue weighted by atomic mass is 10.3. The molecule has 0 aliphatic rings. The Hall–Kier alpha value is -1.05. The Balaban J connectivity index is 2.59. The van der Waals surface area contributed by atoms with Gasteiger partial charge in [0.05, 0.1) is 17.3 Å². The van der Waals surface area contributed by atoms with Gasteiger partial charge in [0.1, 0.15) is 12.4 Å². The van der Waals surface area contributed by atoms with E-state index in [1.165, 1.54) is 12.1 Å². The summed E-state index contributed by atoms with van der Waals surface area (Å²) < 4.78 is 39.8. The summed E-state index contributed by atoms with van der Waals surface area (Å²) in [7, 11) is 0. The van der Waals surface area contributed by atoms with Crippen LogP contribution in [-0.4, -0.2) is 17.8 Å². The van der Waals surface area contributed by atoms with Gasteiger partial charge in [-0.05, 0) is 12.1 Å². The van der Waals surface area contributed by atoms with Crippen molar-refractivity contribution in [3.05, 3.63) is 22.8 Å². The van der Waals surface area contributed by atoms with Crippen LogP contribution in [0.15, 0.2) is 12.1 Å². The zero-order chi connectivity index (χ0) is 12.2. The molecule has 90 valence electrons. The normalized spacial score (nSPS) is 11.6. The number of nitrogens with one attached hydrogen (secondary N) is 1. The standard InChI is InChI=1S/C8H9ClF3N3O/c9-5-1-2-7(15-13)14-6(5)3-16-4-8(10,11)12/h1-2H,3-4,13H2,(H,14,15). The highest BCUT2D eigenvalue weighted by molar-refractivity contribution is 6.31. The molecule has 0 aromatic carbocycles. The van der Waals surface area contributed by atoms with Crippen LogP contribution in [0.2, 0.25) is 5.02 Å². The molecular formula is C8H9ClF3N3O. The number of hydrogen-bond acceptors (Lipinski definition) is 4. The molecule has 0 fully saturated rings. The quantitative estimate of drug-likeness (QED) is 0.639. The van der Waals surface area contributed by atoms with Crippen molar-refractivity contribution in [2.75, 3.05) is 12.0 Å². The van der Waals surface area contributed by atoms with Gasteiger partial charge in [-0.2, -0.15) is 13.2 Å². The van der Waals surface area contributed by atoms with Crippen LogP contribution in [0, 0.1) is 0 Å². The third-order valence-corrected chi connectivity index (χ3v) is 1.92. The van der Waals surface area contributed by atoms with Crippen molar-refractivity contribution in [2.45, 2.75) is 12.8 Å². The lowest BCUT2D eigenvalue weighted by Crippen LogP contribution is -2.17. The van der Waals surface area contributed by atoms with Crippen LogP contribution < -0.4 is 11.3 Å². The summed E-state index contributed by atoms with van der Waals surface area (Å²) in [6.45, 7) is -1.67. The molecule has 3 N–H and O–H groups in total. The molecule has 0 aliphatic carbocycles. The van der Waals surface area contributed by atoms with E-state index >= 15 is 0 Å². The second-order valence-electron chi connectivity index (χ2n) is 2.88. The monoisotopic (exact) mass is 255 g/mol. The molecule has 1 aromatic rings. The maximum Gasteiger partial charge on any atom is 0.411 e. The summed E-state index contributed by atoms with van der Waals surface area (Å²) in [6, 6.07) is 2.96. The van der Waals surface area contributed by atoms with Crippen molar-refractivity contribution in [2.24, 2.45) is 5.84 Å². The fourth-order valence-corrected chi connectivity index (χ4v) is 1.09. The fraction of sp³-hybridized carbons (Fsp3) is 0.375. The molecule has 0 radical (unpaired) electrons. The molecule has 8 heteroatoms. The number of halogens is 4. The Morgan fingerprint density at radius 3 is 2.69 bits per heavy atom. The van der Waals surface area contributed by atoms with Crippen molar-refractivity contribution in [1.82, 2.24) is 4.98 Å². The van der Waals surface area contributed by atoms with Crippen LogP contribution in [0.4, 0.5) is 19.0 Å². The third kappa shape index (κ3) is 4.21. The molecule has 4 nitrogen and oxygen atoms in total. The van der Waals surface area contributed by atoms with E-state index in [1.54, 1.807) is 0 Å². The van der Waals surface area contributed by atoms with Crippen molar-refractivity contribution >= 4 is 17.4 Å². The van der Waals surface area contributed by atoms with Gasteiger partial charge in [-0.25, -0.2) is 10.8 Å². The van der Waals surface area contributed by atoms with E-state index in [4.69, 9.17) is 17.4 Å². The number of ether oxygens (including phenoxy) is 1. The number of hydrogen-bond donors (Lipinski definition) is 2. The molecule has 0 atom stereocenters. The number of hydrazine groups is 1. The van der Waals surface area contributed by atoms with Gasteiger partial charge < -0.3 is 10.2 Å². The minimum absolute atomic E-state index is 0.196. The highest BCUT2D eigenvalue weighted by Crippen LogP contribution is 2.19. The first-order valence-electron chi connectivity index (χ1n) is 4.19. The third-order valence-electron chi connectivity index (χ3n) is 1.57. The Labute approximate surface area is 94.5 Å². The van der Waals surface area contributed by atoms with Gasteiger partial charge in [0.2, 0.25) is 0 Å². The number of pyridine rings is 1. The molecule has 0 amide bonds. The molecule has 1 aromatic heterocycles. The van der Waals surface area contributed by atoms with Crippen molar-refractivity contribution in [3.8, 4) is 0 Å². The fourth-order valence-electron chi connectivity index (χ4n) is 0.929. The van der Waals surface area contributed by atoms with E-state index in [0.717, 1.165) is 0 Å². The van der Waals surface area contributed by atoms with Crippen molar-refractivity contribution in [3.63, 3.8) is 0 Å². The van der Waals surface area contributed by atoms with Crippen molar-refractivity contribution in [1.29, 1.82) is 0 Å². The minimum atomic E-state index is -4.36. The summed E-state index contributed by atoms with van der Waals surface area (Å²) in [5.74, 6) is 5.39. The molecule has 0 aliphatic heterocycles. The number of alkyl halides is 3. The maximum atomic E-state index is 11.8. The highest BCUT2D eigenvalue weighted by atomic mass is 35.5. The second kappa shape index (κ2) is 5.33. The smallest absolute Gasteiger partial charge is 0.366 e. The molecule has 0 saturated carbocycles. The SMILES string of the molecule is NNc1ccc(Cl)c(COCC(F)(F)F)n1. The van der Waals surface area contributed by atoms with Crippen LogP contribution in [0.25, 0.3) is 0 Å². The number of rotatable bonds is 4. The van der Waals surface area contributed by atoms with Gasteiger partial charge in [-0.3, -0.25) is 0 Å². The zero-order valence-electron chi connectivity index (χ0n) is 8.01. The van der Waals surface area contributed by atoms with Gasteiger partial charge in [0.15, 0.2) is 0 Å². The first kappa shape index (κ1) is 13.0. The predicted molar refractivity (Wildman–Crippen MR) is 52.8 cm³/mol. The lowest BCUT2D eigenvalue weighted by molar-refractivity contribution is -0.176. The summed E-state index contributed by atoms with van der Waals surface area (Å²) in [6.07, 6.45) is -4.36. The molecule has 1 heterocycles. The zero-order valence-corrected chi connectivity index (χ0v) is 8.77. The van der Waals surface area contributed by atoms with Crippen LogP contribution in [-0.2, 0) is 11.3 Å². The Morgan fingerprint density at radius 1 is 1.44 bits per heavy atom. The lowest BCUT2D eigenvalue weighted by Gasteiger charge is -2.09. The average molecular weight is 256 g/mol. The Morgan fingerprint density at radius 2 is 2.12 bits per heavy atom. The number of nitrogens with zero attached hydrogens (tertiary/aromatic N) is 1. The first-order valence-corrected chi connectivity index (χ1v) is 4.56. The molecule has 0 unspecified atom stereocenters. The van der Waals surface area contributed by atoms with Gasteiger partial charge in [-0.1, -0.05) is 11.6 Å². The summed E-state index contributed by atoms with van der Waals surface area (Å²) in [5, 5.41) is 0.223. The summed E-state index contributed by atoms with van der Waals surface area (Å²) >= 11 is 5.71. The topological polar surface area (TPSA) is 60.2 Å². The van der Waals surface area contributed by atoms with Crippen LogP contribution in [0.1, 0.15) is 5.69 Å². The first-order chi connectivity index (χ1) is 7.42. The van der Waals surface area contributed by atoms with E-state index in [1.807, 2.05) is 0 Å². The second-order valence-corrected chi connectivity index (χ2v) is 3.28. The maximum absolute atomic E-state index is 11.8. The minimum Gasteiger partial charge on any atom is -0.366 e. The highest BCUT2D eigenvalue weighted by Gasteiger charge is 2.27. The van der Waals surface area contributed by atoms with Gasteiger partial charge in [0, 0.05) is 0 Å². The van der Waals surface area contributed by atoms with E-state index in [0.29, 0.717) is 5.82 Å². The molecule has 0 saturated heterocycles. The van der Waals surface area contributed by atoms with Gasteiger partial charge in [0.25, 0.3) is 0 Å². The number of nitrogens with two attached hydrogens (primary N) is 1. The van der Waals surface area contributed by atoms with Crippen molar-refractivity contribution < 1.29 is 17.9 Å². The average Bonchev–Trinajstić information content (AvgIpc) is 2.19. The van der Waals surface area contributed by atoms with E-state index < -0.39 is 12.8 Å². The Kier molecular flexibility index (Phi) is 4.34. The van der Waals surface area contributed by atoms with Gasteiger partial charge in [-0.15, -0.1) is 0 Å². The van der Waals surface area contributed by atoms with Crippen LogP contribution in [0.3, 0.4) is 0 Å². The molecular weight excluding hydrogens is 247 g/mol. The van der Waals surface area contributed by atoms with E-state index in [2.05, 4.69) is 15.1 Å². The molecule has 16 heavy (non-hydrogen) atoms. The number of aromatic nitrogens is 1. The number of nitrogen functional groups attached to an aromatic ring is 1. The van der Waals surface area contributed by atoms with Crippen LogP contribution in [0.5, 0.6) is 0 Å². The predicted octanol–water partition coefficient (Wildman–Crippen LogP) is 2.10. The van der Waals surface area contributed by atoms with Crippen LogP contribution >= 0.6 is 11.6 Å². The molecule has 1 rings (SSSR count). The van der Waals surface area contributed by atoms with E-state index in [-0.39, 0.29) is 17.3 Å². The molecule has 0 spiro atoms. The number of anilines is 1. The molecule has 0 bridgehead atoms.